The summed E-state index contributed by atoms with van der Waals surface area (Å²) in [5, 5.41) is 15.2. The van der Waals surface area contributed by atoms with Crippen LogP contribution < -0.4 is 20.1 Å². The highest BCUT2D eigenvalue weighted by molar-refractivity contribution is 7.99. The van der Waals surface area contributed by atoms with Crippen LogP contribution in [0.2, 0.25) is 0 Å². The summed E-state index contributed by atoms with van der Waals surface area (Å²) in [4.78, 5) is 25.5. The summed E-state index contributed by atoms with van der Waals surface area (Å²) < 4.78 is 12.5. The molecule has 0 aliphatic heterocycles. The average Bonchev–Trinajstić information content (AvgIpc) is 3.29. The van der Waals surface area contributed by atoms with E-state index in [1.54, 1.807) is 49.6 Å². The van der Waals surface area contributed by atoms with Crippen molar-refractivity contribution in [1.82, 2.24) is 20.1 Å². The molecule has 0 saturated heterocycles. The number of benzene rings is 2. The Kier molecular flexibility index (Phi) is 10.1. The predicted octanol–water partition coefficient (Wildman–Crippen LogP) is 4.73. The van der Waals surface area contributed by atoms with Crippen LogP contribution in [-0.2, 0) is 11.3 Å². The zero-order chi connectivity index (χ0) is 26.8. The van der Waals surface area contributed by atoms with Gasteiger partial charge in [-0.25, -0.2) is 0 Å². The topological polar surface area (TPSA) is 107 Å². The van der Waals surface area contributed by atoms with Crippen LogP contribution in [0.1, 0.15) is 43.0 Å². The lowest BCUT2D eigenvalue weighted by Crippen LogP contribution is -2.33. The van der Waals surface area contributed by atoms with Crippen LogP contribution in [0.3, 0.4) is 0 Å². The Bertz CT molecular complexity index is 1190. The molecule has 0 bridgehead atoms. The normalized spacial score (nSPS) is 11.6. The van der Waals surface area contributed by atoms with Crippen molar-refractivity contribution in [3.8, 4) is 11.5 Å². The minimum absolute atomic E-state index is 0.0378. The predicted molar refractivity (Wildman–Crippen MR) is 145 cm³/mol. The summed E-state index contributed by atoms with van der Waals surface area (Å²) in [6.45, 7) is 10.8. The molecule has 3 rings (SSSR count). The molecule has 3 aromatic rings. The number of carbonyl (C=O) groups excluding carboxylic acids is 2. The zero-order valence-electron chi connectivity index (χ0n) is 21.6. The Balaban J connectivity index is 1.70. The lowest BCUT2D eigenvalue weighted by molar-refractivity contribution is -0.113. The molecule has 0 aliphatic rings. The van der Waals surface area contributed by atoms with Crippen molar-refractivity contribution in [3.05, 3.63) is 72.6 Å². The van der Waals surface area contributed by atoms with Gasteiger partial charge in [0.25, 0.3) is 5.91 Å². The number of hydrogen-bond donors (Lipinski definition) is 2. The summed E-state index contributed by atoms with van der Waals surface area (Å²) in [6.07, 6.45) is 1.74. The summed E-state index contributed by atoms with van der Waals surface area (Å²) in [7, 11) is 1.58. The fourth-order valence-electron chi connectivity index (χ4n) is 3.56. The number of nitrogens with zero attached hydrogens (tertiary/aromatic N) is 3. The molecular formula is C27H33N5O4S. The van der Waals surface area contributed by atoms with Gasteiger partial charge >= 0.3 is 0 Å². The van der Waals surface area contributed by atoms with E-state index in [0.29, 0.717) is 41.1 Å². The van der Waals surface area contributed by atoms with Gasteiger partial charge in [0.05, 0.1) is 25.5 Å². The van der Waals surface area contributed by atoms with Gasteiger partial charge in [-0.3, -0.25) is 9.59 Å². The molecule has 1 atom stereocenters. The van der Waals surface area contributed by atoms with E-state index in [0.717, 1.165) is 5.75 Å². The number of amides is 2. The van der Waals surface area contributed by atoms with E-state index in [9.17, 15) is 9.59 Å². The third-order valence-corrected chi connectivity index (χ3v) is 6.39. The van der Waals surface area contributed by atoms with Crippen LogP contribution in [-0.4, -0.2) is 46.0 Å². The van der Waals surface area contributed by atoms with Crippen molar-refractivity contribution in [2.45, 2.75) is 38.5 Å². The Labute approximate surface area is 221 Å². The number of nitrogens with one attached hydrogen (secondary N) is 2. The maximum Gasteiger partial charge on any atom is 0.251 e. The first-order valence-electron chi connectivity index (χ1n) is 12.0. The number of methoxy groups -OCH3 is 1. The van der Waals surface area contributed by atoms with Gasteiger partial charge in [0.15, 0.2) is 11.0 Å². The molecule has 37 heavy (non-hydrogen) atoms. The van der Waals surface area contributed by atoms with Crippen molar-refractivity contribution in [2.75, 3.05) is 24.8 Å². The molecule has 2 amide bonds. The van der Waals surface area contributed by atoms with E-state index in [2.05, 4.69) is 27.4 Å². The van der Waals surface area contributed by atoms with Gasteiger partial charge in [-0.15, -0.1) is 16.8 Å². The van der Waals surface area contributed by atoms with E-state index < -0.39 is 6.04 Å². The van der Waals surface area contributed by atoms with Crippen molar-refractivity contribution in [1.29, 1.82) is 0 Å². The summed E-state index contributed by atoms with van der Waals surface area (Å²) in [5.41, 5.74) is 1.20. The standard InChI is InChI=1S/C27H33N5O4S/c1-6-16-32-25(24(18(3)4)29-26(34)19-8-12-21(35-5)13-9-19)30-31-27(32)37-17-23(33)28-20-10-14-22(15-11-20)36-7-2/h6,8-15,18,24H,1,7,16-17H2,2-5H3,(H,28,33)(H,29,34)/t24-/m0/s1. The molecule has 0 radical (unpaired) electrons. The lowest BCUT2D eigenvalue weighted by Gasteiger charge is -2.22. The smallest absolute Gasteiger partial charge is 0.251 e. The highest BCUT2D eigenvalue weighted by atomic mass is 32.2. The fourth-order valence-corrected chi connectivity index (χ4v) is 4.32. The molecule has 196 valence electrons. The second kappa shape index (κ2) is 13.5. The van der Waals surface area contributed by atoms with Crippen LogP contribution >= 0.6 is 11.8 Å². The van der Waals surface area contributed by atoms with Gasteiger partial charge in [0, 0.05) is 17.8 Å². The Morgan fingerprint density at radius 2 is 1.76 bits per heavy atom. The van der Waals surface area contributed by atoms with Gasteiger partial charge < -0.3 is 24.7 Å². The zero-order valence-corrected chi connectivity index (χ0v) is 22.4. The largest absolute Gasteiger partial charge is 0.497 e. The van der Waals surface area contributed by atoms with Crippen molar-refractivity contribution in [3.63, 3.8) is 0 Å². The first kappa shape index (κ1) is 27.8. The third kappa shape index (κ3) is 7.60. The lowest BCUT2D eigenvalue weighted by atomic mass is 10.0. The minimum Gasteiger partial charge on any atom is -0.497 e. The molecule has 10 heteroatoms. The van der Waals surface area contributed by atoms with E-state index >= 15 is 0 Å². The average molecular weight is 524 g/mol. The van der Waals surface area contributed by atoms with Crippen LogP contribution in [0.5, 0.6) is 11.5 Å². The van der Waals surface area contributed by atoms with E-state index in [4.69, 9.17) is 9.47 Å². The number of allylic oxidation sites excluding steroid dienone is 1. The third-order valence-electron chi connectivity index (χ3n) is 5.42. The summed E-state index contributed by atoms with van der Waals surface area (Å²) >= 11 is 1.27. The van der Waals surface area contributed by atoms with Crippen molar-refractivity contribution < 1.29 is 19.1 Å². The SMILES string of the molecule is C=CCn1c(SCC(=O)Nc2ccc(OCC)cc2)nnc1[C@@H](NC(=O)c1ccc(OC)cc1)C(C)C. The van der Waals surface area contributed by atoms with Crippen LogP contribution in [0.4, 0.5) is 5.69 Å². The highest BCUT2D eigenvalue weighted by Crippen LogP contribution is 2.26. The minimum atomic E-state index is -0.394. The maximum absolute atomic E-state index is 13.0. The highest BCUT2D eigenvalue weighted by Gasteiger charge is 2.26. The molecule has 2 N–H and O–H groups in total. The van der Waals surface area contributed by atoms with Crippen molar-refractivity contribution in [2.24, 2.45) is 5.92 Å². The molecule has 1 aromatic heterocycles. The van der Waals surface area contributed by atoms with Gasteiger partial charge in [-0.1, -0.05) is 31.7 Å². The summed E-state index contributed by atoms with van der Waals surface area (Å²) in [6, 6.07) is 13.7. The number of thioether (sulfide) groups is 1. The van der Waals surface area contributed by atoms with Gasteiger partial charge in [-0.05, 0) is 61.4 Å². The second-order valence-corrected chi connectivity index (χ2v) is 9.40. The van der Waals surface area contributed by atoms with E-state index in [-0.39, 0.29) is 23.5 Å². The van der Waals surface area contributed by atoms with Gasteiger partial charge in [-0.2, -0.15) is 0 Å². The first-order valence-corrected chi connectivity index (χ1v) is 13.0. The molecular weight excluding hydrogens is 490 g/mol. The fraction of sp³-hybridized carbons (Fsp3) is 0.333. The molecule has 0 spiro atoms. The van der Waals surface area contributed by atoms with Gasteiger partial charge in [0.2, 0.25) is 5.91 Å². The number of rotatable bonds is 13. The Morgan fingerprint density at radius 1 is 1.08 bits per heavy atom. The quantitative estimate of drug-likeness (QED) is 0.246. The number of carbonyl (C=O) groups is 2. The second-order valence-electron chi connectivity index (χ2n) is 8.46. The molecule has 0 unspecified atom stereocenters. The molecule has 0 saturated carbocycles. The van der Waals surface area contributed by atoms with E-state index in [1.807, 2.05) is 37.5 Å². The number of ether oxygens (including phenoxy) is 2. The Hall–Kier alpha value is -3.79. The monoisotopic (exact) mass is 523 g/mol. The molecule has 0 fully saturated rings. The van der Waals surface area contributed by atoms with Crippen LogP contribution in [0, 0.1) is 5.92 Å². The van der Waals surface area contributed by atoms with Crippen LogP contribution in [0.15, 0.2) is 66.3 Å². The maximum atomic E-state index is 13.0. The van der Waals surface area contributed by atoms with Gasteiger partial charge in [0.1, 0.15) is 11.5 Å². The Morgan fingerprint density at radius 3 is 2.35 bits per heavy atom. The van der Waals surface area contributed by atoms with Crippen LogP contribution in [0.25, 0.3) is 0 Å². The van der Waals surface area contributed by atoms with Crippen molar-refractivity contribution >= 4 is 29.3 Å². The molecule has 0 aliphatic carbocycles. The molecule has 2 aromatic carbocycles. The summed E-state index contributed by atoms with van der Waals surface area (Å²) in [5.74, 6) is 1.82. The molecule has 1 heterocycles. The van der Waals surface area contributed by atoms with E-state index in [1.165, 1.54) is 11.8 Å². The number of aromatic nitrogens is 3. The first-order chi connectivity index (χ1) is 17.9. The molecule has 9 nitrogen and oxygen atoms in total. The number of hydrogen-bond acceptors (Lipinski definition) is 7. The number of anilines is 1.